The quantitative estimate of drug-likeness (QED) is 0.599. The van der Waals surface area contributed by atoms with Gasteiger partial charge in [0.1, 0.15) is 0 Å². The maximum Gasteiger partial charge on any atom is 0.0574 e. The number of nitrogens with zero attached hydrogens (tertiary/aromatic N) is 2. The number of hydrogen-bond acceptors (Lipinski definition) is 2. The lowest BCUT2D eigenvalue weighted by atomic mass is 10.2. The van der Waals surface area contributed by atoms with Gasteiger partial charge in [-0.25, -0.2) is 0 Å². The highest BCUT2D eigenvalue weighted by molar-refractivity contribution is 5.85. The van der Waals surface area contributed by atoms with Crippen LogP contribution in [0.1, 0.15) is 0 Å². The highest BCUT2D eigenvalue weighted by Gasteiger charge is 1.87. The monoisotopic (exact) mass is 166 g/mol. The number of benzene rings is 1. The van der Waals surface area contributed by atoms with Gasteiger partial charge in [-0.15, -0.1) is 12.4 Å². The molecule has 0 amide bonds. The van der Waals surface area contributed by atoms with E-state index in [0.717, 1.165) is 10.8 Å². The van der Waals surface area contributed by atoms with Gasteiger partial charge >= 0.3 is 0 Å². The number of rotatable bonds is 0. The summed E-state index contributed by atoms with van der Waals surface area (Å²) in [6.07, 6.45) is 3.52. The zero-order valence-electron chi connectivity index (χ0n) is 5.77. The zero-order valence-corrected chi connectivity index (χ0v) is 6.58. The third-order valence-electron chi connectivity index (χ3n) is 1.46. The number of hydrogen-bond donors (Lipinski definition) is 0. The molecule has 0 saturated heterocycles. The van der Waals surface area contributed by atoms with E-state index in [0.29, 0.717) is 0 Å². The Morgan fingerprint density at radius 3 is 1.73 bits per heavy atom. The van der Waals surface area contributed by atoms with Crippen LogP contribution in [-0.4, -0.2) is 10.2 Å². The van der Waals surface area contributed by atoms with Gasteiger partial charge in [0, 0.05) is 10.8 Å². The largest absolute Gasteiger partial charge is 0.158 e. The molecule has 0 atom stereocenters. The Morgan fingerprint density at radius 2 is 1.27 bits per heavy atom. The van der Waals surface area contributed by atoms with E-state index in [2.05, 4.69) is 10.2 Å². The molecule has 0 N–H and O–H groups in total. The molecule has 0 aliphatic heterocycles. The van der Waals surface area contributed by atoms with Gasteiger partial charge in [0.2, 0.25) is 0 Å². The van der Waals surface area contributed by atoms with Crippen LogP contribution >= 0.6 is 12.4 Å². The molecule has 2 aromatic rings. The van der Waals surface area contributed by atoms with Crippen LogP contribution in [0.5, 0.6) is 0 Å². The van der Waals surface area contributed by atoms with E-state index >= 15 is 0 Å². The molecule has 1 heterocycles. The first-order chi connectivity index (χ1) is 4.97. The first-order valence-corrected chi connectivity index (χ1v) is 3.12. The molecule has 0 aliphatic carbocycles. The minimum absolute atomic E-state index is 0. The molecule has 0 fully saturated rings. The van der Waals surface area contributed by atoms with Gasteiger partial charge in [0.15, 0.2) is 0 Å². The minimum atomic E-state index is 0. The van der Waals surface area contributed by atoms with E-state index in [4.69, 9.17) is 0 Å². The molecule has 0 radical (unpaired) electrons. The Morgan fingerprint density at radius 1 is 0.818 bits per heavy atom. The molecule has 1 aromatic carbocycles. The standard InChI is InChI=1S/C8H6N2.ClH/c1-2-4-8-6-10-9-5-7(8)3-1;/h1-6H;1H. The fourth-order valence-electron chi connectivity index (χ4n) is 0.937. The van der Waals surface area contributed by atoms with Crippen LogP contribution in [0.15, 0.2) is 36.7 Å². The maximum atomic E-state index is 3.76. The van der Waals surface area contributed by atoms with Gasteiger partial charge in [-0.2, -0.15) is 10.2 Å². The summed E-state index contributed by atoms with van der Waals surface area (Å²) in [4.78, 5) is 0. The van der Waals surface area contributed by atoms with Crippen LogP contribution in [-0.2, 0) is 0 Å². The normalized spacial score (nSPS) is 9.09. The van der Waals surface area contributed by atoms with Gasteiger partial charge in [-0.1, -0.05) is 24.3 Å². The van der Waals surface area contributed by atoms with Crippen molar-refractivity contribution in [1.82, 2.24) is 10.2 Å². The smallest absolute Gasteiger partial charge is 0.0574 e. The Kier molecular flexibility index (Phi) is 2.39. The lowest BCUT2D eigenvalue weighted by molar-refractivity contribution is 1.05. The van der Waals surface area contributed by atoms with Crippen molar-refractivity contribution in [2.75, 3.05) is 0 Å². The Labute approximate surface area is 70.7 Å². The van der Waals surface area contributed by atoms with E-state index in [9.17, 15) is 0 Å². The van der Waals surface area contributed by atoms with Gasteiger partial charge in [-0.3, -0.25) is 0 Å². The molecule has 0 spiro atoms. The van der Waals surface area contributed by atoms with E-state index in [1.807, 2.05) is 24.3 Å². The second-order valence-corrected chi connectivity index (χ2v) is 2.12. The number of fused-ring (bicyclic) bond motifs is 1. The molecule has 1 aromatic heterocycles. The molecule has 2 rings (SSSR count). The van der Waals surface area contributed by atoms with Crippen LogP contribution < -0.4 is 0 Å². The Hall–Kier alpha value is -1.15. The van der Waals surface area contributed by atoms with Crippen molar-refractivity contribution in [3.8, 4) is 0 Å². The molecule has 0 saturated carbocycles. The Balaban J connectivity index is 0.000000605. The lowest BCUT2D eigenvalue weighted by Crippen LogP contribution is -1.77. The second kappa shape index (κ2) is 3.30. The van der Waals surface area contributed by atoms with E-state index in [1.165, 1.54) is 0 Å². The summed E-state index contributed by atoms with van der Waals surface area (Å²) in [5.74, 6) is 0. The molecule has 3 heteroatoms. The molecule has 0 unspecified atom stereocenters. The van der Waals surface area contributed by atoms with Crippen molar-refractivity contribution in [3.63, 3.8) is 0 Å². The summed E-state index contributed by atoms with van der Waals surface area (Å²) in [7, 11) is 0. The molecule has 2 nitrogen and oxygen atoms in total. The predicted octanol–water partition coefficient (Wildman–Crippen LogP) is 2.05. The molecule has 11 heavy (non-hydrogen) atoms. The molecular weight excluding hydrogens is 160 g/mol. The van der Waals surface area contributed by atoms with Gasteiger partial charge < -0.3 is 0 Å². The van der Waals surface area contributed by atoms with Crippen LogP contribution in [0.3, 0.4) is 0 Å². The fraction of sp³-hybridized carbons (Fsp3) is 0. The summed E-state index contributed by atoms with van der Waals surface area (Å²) in [6.45, 7) is 0. The third-order valence-corrected chi connectivity index (χ3v) is 1.46. The molecule has 0 aliphatic rings. The van der Waals surface area contributed by atoms with Gasteiger partial charge in [-0.05, 0) is 0 Å². The molecule has 56 valence electrons. The summed E-state index contributed by atoms with van der Waals surface area (Å²) in [6, 6.07) is 8.02. The SMILES string of the molecule is Cl.c1ccc2cnncc2c1. The summed E-state index contributed by atoms with van der Waals surface area (Å²) in [5.41, 5.74) is 0. The van der Waals surface area contributed by atoms with E-state index < -0.39 is 0 Å². The van der Waals surface area contributed by atoms with Crippen molar-refractivity contribution < 1.29 is 0 Å². The average molecular weight is 167 g/mol. The minimum Gasteiger partial charge on any atom is -0.158 e. The fourth-order valence-corrected chi connectivity index (χ4v) is 0.937. The van der Waals surface area contributed by atoms with Crippen molar-refractivity contribution in [2.24, 2.45) is 0 Å². The van der Waals surface area contributed by atoms with E-state index in [1.54, 1.807) is 12.4 Å². The maximum absolute atomic E-state index is 3.76. The van der Waals surface area contributed by atoms with Crippen LogP contribution in [0.25, 0.3) is 10.8 Å². The van der Waals surface area contributed by atoms with Crippen LogP contribution in [0.4, 0.5) is 0 Å². The Bertz CT molecular complexity index is 283. The first kappa shape index (κ1) is 7.95. The predicted molar refractivity (Wildman–Crippen MR) is 46.8 cm³/mol. The molecular formula is C8H7ClN2. The van der Waals surface area contributed by atoms with Gasteiger partial charge in [0.25, 0.3) is 0 Å². The second-order valence-electron chi connectivity index (χ2n) is 2.12. The zero-order chi connectivity index (χ0) is 6.81. The molecule has 0 bridgehead atoms. The lowest BCUT2D eigenvalue weighted by Gasteiger charge is -1.90. The van der Waals surface area contributed by atoms with Crippen LogP contribution in [0, 0.1) is 0 Å². The highest BCUT2D eigenvalue weighted by atomic mass is 35.5. The summed E-state index contributed by atoms with van der Waals surface area (Å²) < 4.78 is 0. The first-order valence-electron chi connectivity index (χ1n) is 3.12. The summed E-state index contributed by atoms with van der Waals surface area (Å²) >= 11 is 0. The van der Waals surface area contributed by atoms with Crippen molar-refractivity contribution in [1.29, 1.82) is 0 Å². The van der Waals surface area contributed by atoms with Crippen molar-refractivity contribution in [2.45, 2.75) is 0 Å². The van der Waals surface area contributed by atoms with Crippen molar-refractivity contribution in [3.05, 3.63) is 36.7 Å². The summed E-state index contributed by atoms with van der Waals surface area (Å²) in [5, 5.41) is 9.80. The van der Waals surface area contributed by atoms with E-state index in [-0.39, 0.29) is 12.4 Å². The van der Waals surface area contributed by atoms with Crippen LogP contribution in [0.2, 0.25) is 0 Å². The van der Waals surface area contributed by atoms with Crippen molar-refractivity contribution >= 4 is 23.2 Å². The van der Waals surface area contributed by atoms with Gasteiger partial charge in [0.05, 0.1) is 12.4 Å². The average Bonchev–Trinajstić information content (AvgIpc) is 2.05. The topological polar surface area (TPSA) is 25.8 Å². The number of aromatic nitrogens is 2. The third kappa shape index (κ3) is 1.46. The number of halogens is 1. The highest BCUT2D eigenvalue weighted by Crippen LogP contribution is 2.08.